The van der Waals surface area contributed by atoms with E-state index in [1.165, 1.54) is 12.1 Å². The van der Waals surface area contributed by atoms with E-state index in [0.29, 0.717) is 11.3 Å². The lowest BCUT2D eigenvalue weighted by molar-refractivity contribution is -0.144. The van der Waals surface area contributed by atoms with Gasteiger partial charge in [-0.25, -0.2) is 8.42 Å². The average Bonchev–Trinajstić information content (AvgIpc) is 3.21. The third kappa shape index (κ3) is 14.4. The van der Waals surface area contributed by atoms with E-state index in [9.17, 15) is 119 Å². The Labute approximate surface area is 398 Å². The first kappa shape index (κ1) is 60.0. The van der Waals surface area contributed by atoms with Crippen molar-refractivity contribution in [2.24, 2.45) is 0 Å². The van der Waals surface area contributed by atoms with Gasteiger partial charge in [0.1, 0.15) is 6.15 Å². The molecule has 0 aliphatic heterocycles. The van der Waals surface area contributed by atoms with Gasteiger partial charge in [0.2, 0.25) is 5.78 Å². The van der Waals surface area contributed by atoms with Crippen LogP contribution in [0, 0.1) is 0 Å². The van der Waals surface area contributed by atoms with Gasteiger partial charge in [0, 0.05) is 11.8 Å². The summed E-state index contributed by atoms with van der Waals surface area (Å²) < 4.78 is 363. The number of sulfone groups is 1. The molecule has 0 atom stereocenters. The van der Waals surface area contributed by atoms with Crippen LogP contribution in [0.5, 0.6) is 0 Å². The molecule has 0 aliphatic carbocycles. The number of carbonyl (C=O) groups excluding carboxylic acids is 1. The number of Topliss-reactive ketones (excluding diaryl/α,β-unsaturated/α-hetero) is 1. The van der Waals surface area contributed by atoms with Gasteiger partial charge in [0.25, 0.3) is 0 Å². The lowest BCUT2D eigenvalue weighted by atomic mass is 9.12. The van der Waals surface area contributed by atoms with Gasteiger partial charge in [0.15, 0.2) is 15.6 Å². The summed E-state index contributed by atoms with van der Waals surface area (Å²) in [5, 5.41) is 0. The van der Waals surface area contributed by atoms with Crippen LogP contribution in [0.25, 0.3) is 0 Å². The van der Waals surface area contributed by atoms with Crippen molar-refractivity contribution in [1.29, 1.82) is 0 Å². The molecule has 0 fully saturated rings. The minimum Gasteiger partial charge on any atom is -0.289 e. The summed E-state index contributed by atoms with van der Waals surface area (Å²) in [5.41, 5.74) is -29.6. The van der Waals surface area contributed by atoms with Gasteiger partial charge < -0.3 is 0 Å². The Hall–Kier alpha value is -5.55. The number of hydrogen-bond donors (Lipinski definition) is 0. The molecular formula is C43H27BF24O3S2. The predicted octanol–water partition coefficient (Wildman–Crippen LogP) is 12.4. The van der Waals surface area contributed by atoms with E-state index in [2.05, 4.69) is 0 Å². The van der Waals surface area contributed by atoms with E-state index in [1.807, 2.05) is 12.5 Å². The number of rotatable bonds is 8. The molecule has 0 saturated carbocycles. The molecule has 5 aromatic carbocycles. The smallest absolute Gasteiger partial charge is 0.289 e. The summed E-state index contributed by atoms with van der Waals surface area (Å²) in [6, 6.07) is -2.70. The van der Waals surface area contributed by atoms with Crippen molar-refractivity contribution in [3.63, 3.8) is 0 Å². The number of halogens is 24. The van der Waals surface area contributed by atoms with E-state index in [1.54, 1.807) is 12.1 Å². The SMILES string of the molecule is C[S+](C)CC(=O)c1ccc(S(C)(=O)=O)cc1.FC(F)(F)c1cc([B-](c2cc(C(F)(F)F)cc(C(F)(F)F)c2)(c2cc(C(F)(F)F)cc(C(F)(F)F)c2)c2cc(C(F)(F)F)cc(C(F)(F)F)c2)cc(C(F)(F)F)c1. The van der Waals surface area contributed by atoms with E-state index in [-0.39, 0.29) is 21.6 Å². The molecule has 0 N–H and O–H groups in total. The Balaban J connectivity index is 0.000000613. The molecule has 400 valence electrons. The fraction of sp³-hybridized carbons (Fsp3) is 0.279. The molecule has 5 aromatic rings. The summed E-state index contributed by atoms with van der Waals surface area (Å²) >= 11 is 0. The van der Waals surface area contributed by atoms with Crippen LogP contribution in [0.4, 0.5) is 105 Å². The van der Waals surface area contributed by atoms with Crippen LogP contribution >= 0.6 is 0 Å². The number of alkyl halides is 24. The topological polar surface area (TPSA) is 51.2 Å². The van der Waals surface area contributed by atoms with Crippen LogP contribution in [0.1, 0.15) is 54.9 Å². The highest BCUT2D eigenvalue weighted by Gasteiger charge is 2.47. The van der Waals surface area contributed by atoms with Crippen molar-refractivity contribution in [2.75, 3.05) is 24.5 Å². The van der Waals surface area contributed by atoms with E-state index in [0.717, 1.165) is 6.26 Å². The first-order valence-corrected chi connectivity index (χ1v) is 23.4. The van der Waals surface area contributed by atoms with Crippen LogP contribution in [0.3, 0.4) is 0 Å². The molecule has 0 spiro atoms. The second-order valence-corrected chi connectivity index (χ2v) is 20.3. The quantitative estimate of drug-likeness (QED) is 0.0673. The summed E-state index contributed by atoms with van der Waals surface area (Å²) in [4.78, 5) is 11.9. The zero-order chi connectivity index (χ0) is 56.3. The Morgan fingerprint density at radius 3 is 0.726 bits per heavy atom. The van der Waals surface area contributed by atoms with Gasteiger partial charge >= 0.3 is 49.4 Å². The molecule has 73 heavy (non-hydrogen) atoms. The Kier molecular flexibility index (Phi) is 16.4. The van der Waals surface area contributed by atoms with Crippen LogP contribution in [0.15, 0.2) is 102 Å². The van der Waals surface area contributed by atoms with Crippen LogP contribution in [-0.4, -0.2) is 44.9 Å². The van der Waals surface area contributed by atoms with Gasteiger partial charge in [-0.05, 0) is 59.4 Å². The highest BCUT2D eigenvalue weighted by molar-refractivity contribution is 7.96. The number of ketones is 1. The molecule has 0 aliphatic rings. The lowest BCUT2D eigenvalue weighted by Crippen LogP contribution is -2.75. The first-order chi connectivity index (χ1) is 32.6. The summed E-state index contributed by atoms with van der Waals surface area (Å²) in [7, 11) is -3.11. The average molecular weight is 1120 g/mol. The van der Waals surface area contributed by atoms with Crippen molar-refractivity contribution in [2.45, 2.75) is 54.3 Å². The predicted molar refractivity (Wildman–Crippen MR) is 218 cm³/mol. The molecule has 0 bridgehead atoms. The van der Waals surface area contributed by atoms with Crippen molar-refractivity contribution >= 4 is 54.5 Å². The molecule has 0 aromatic heterocycles. The largest absolute Gasteiger partial charge is 0.416 e. The zero-order valence-corrected chi connectivity index (χ0v) is 37.8. The summed E-state index contributed by atoms with van der Waals surface area (Å²) in [6.07, 6.45) is -49.6. The molecule has 0 radical (unpaired) electrons. The van der Waals surface area contributed by atoms with Gasteiger partial charge in [0.05, 0.1) is 61.9 Å². The molecule has 0 amide bonds. The molecule has 3 nitrogen and oxygen atoms in total. The monoisotopic (exact) mass is 1120 g/mol. The van der Waals surface area contributed by atoms with Gasteiger partial charge in [-0.2, -0.15) is 127 Å². The van der Waals surface area contributed by atoms with Crippen molar-refractivity contribution in [3.8, 4) is 0 Å². The first-order valence-electron chi connectivity index (χ1n) is 19.3. The third-order valence-electron chi connectivity index (χ3n) is 10.5. The number of hydrogen-bond acceptors (Lipinski definition) is 3. The van der Waals surface area contributed by atoms with Crippen LogP contribution < -0.4 is 21.9 Å². The normalized spacial score (nSPS) is 13.8. The van der Waals surface area contributed by atoms with Gasteiger partial charge in [-0.15, -0.1) is 0 Å². The Morgan fingerprint density at radius 1 is 0.384 bits per heavy atom. The zero-order valence-electron chi connectivity index (χ0n) is 36.1. The Morgan fingerprint density at radius 2 is 0.575 bits per heavy atom. The highest BCUT2D eigenvalue weighted by atomic mass is 32.2. The highest BCUT2D eigenvalue weighted by Crippen LogP contribution is 2.41. The van der Waals surface area contributed by atoms with Crippen LogP contribution in [-0.2, 0) is 70.1 Å². The standard InChI is InChI=1S/C32H12BF24.C11H15O3S2/c34-25(35,36)13-1-14(26(37,38)39)6-21(5-13)33(22-7-15(27(40,41)42)2-16(8-22)28(43,44)45,23-9-17(29(46,47)48)3-18(10-23)30(49,50)51)24-11-19(31(52,53)54)4-20(12-24)32(55,56)57;1-15(2)8-11(12)9-4-6-10(7-5-9)16(3,13)14/h1-12H;4-7H,8H2,1-3H3/q-1;+1. The fourth-order valence-electron chi connectivity index (χ4n) is 7.30. The van der Waals surface area contributed by atoms with Crippen LogP contribution in [0.2, 0.25) is 0 Å². The van der Waals surface area contributed by atoms with Crippen molar-refractivity contribution in [1.82, 2.24) is 0 Å². The molecular weight excluding hydrogens is 1100 g/mol. The van der Waals surface area contributed by atoms with E-state index in [4.69, 9.17) is 0 Å². The van der Waals surface area contributed by atoms with E-state index >= 15 is 0 Å². The van der Waals surface area contributed by atoms with Crippen molar-refractivity contribution < 1.29 is 119 Å². The Bertz CT molecular complexity index is 2500. The van der Waals surface area contributed by atoms with Gasteiger partial charge in [-0.3, -0.25) is 4.79 Å². The molecule has 0 heterocycles. The third-order valence-corrected chi connectivity index (χ3v) is 12.4. The van der Waals surface area contributed by atoms with Gasteiger partial charge in [-0.1, -0.05) is 48.5 Å². The summed E-state index contributed by atoms with van der Waals surface area (Å²) in [5.74, 6) is 0.575. The molecule has 0 unspecified atom stereocenters. The number of carbonyl (C=O) groups is 1. The second kappa shape index (κ2) is 20.0. The summed E-state index contributed by atoms with van der Waals surface area (Å²) in [6.45, 7) is 0. The fourth-order valence-corrected chi connectivity index (χ4v) is 8.63. The maximum absolute atomic E-state index is 14.2. The lowest BCUT2D eigenvalue weighted by Gasteiger charge is -2.46. The minimum absolute atomic E-state index is 0.0633. The second-order valence-electron chi connectivity index (χ2n) is 16.1. The number of benzene rings is 5. The molecule has 5 rings (SSSR count). The maximum Gasteiger partial charge on any atom is 0.416 e. The molecule has 0 saturated heterocycles. The van der Waals surface area contributed by atoms with Crippen molar-refractivity contribution in [3.05, 3.63) is 147 Å². The maximum atomic E-state index is 14.2. The van der Waals surface area contributed by atoms with E-state index < -0.39 is 205 Å². The molecule has 30 heteroatoms. The minimum atomic E-state index is -6.13.